The first-order valence-corrected chi connectivity index (χ1v) is 11.0. The first-order valence-electron chi connectivity index (χ1n) is 11.0. The largest absolute Gasteiger partial charge is 0.444 e. The van der Waals surface area contributed by atoms with E-state index in [1.165, 1.54) is 6.26 Å². The highest BCUT2D eigenvalue weighted by molar-refractivity contribution is 6.00. The van der Waals surface area contributed by atoms with Gasteiger partial charge in [0.1, 0.15) is 23.3 Å². The van der Waals surface area contributed by atoms with E-state index >= 15 is 0 Å². The van der Waals surface area contributed by atoms with Crippen molar-refractivity contribution in [3.05, 3.63) is 60.6 Å². The van der Waals surface area contributed by atoms with Gasteiger partial charge < -0.3 is 19.8 Å². The lowest BCUT2D eigenvalue weighted by Crippen LogP contribution is -2.54. The van der Waals surface area contributed by atoms with Gasteiger partial charge in [-0.15, -0.1) is 0 Å². The first-order chi connectivity index (χ1) is 15.8. The van der Waals surface area contributed by atoms with Crippen LogP contribution in [0.3, 0.4) is 0 Å². The Morgan fingerprint density at radius 2 is 1.79 bits per heavy atom. The number of ether oxygens (including phenoxy) is 1. The highest BCUT2D eigenvalue weighted by atomic mass is 16.6. The SMILES string of the molecule is CC(C)(C)OC(=O)NC1CC(NC(=O)c2c(-c3ccc4ccccc4c3)nc3occn23)C1. The molecular formula is C25H26N4O4. The Hall–Kier alpha value is -3.81. The summed E-state index contributed by atoms with van der Waals surface area (Å²) in [6.45, 7) is 5.48. The van der Waals surface area contributed by atoms with Gasteiger partial charge in [0, 0.05) is 23.8 Å². The summed E-state index contributed by atoms with van der Waals surface area (Å²) in [4.78, 5) is 29.8. The molecule has 4 aromatic rings. The molecule has 2 heterocycles. The molecule has 8 nitrogen and oxygen atoms in total. The molecule has 1 saturated carbocycles. The molecule has 1 fully saturated rings. The van der Waals surface area contributed by atoms with E-state index < -0.39 is 11.7 Å². The van der Waals surface area contributed by atoms with Gasteiger partial charge in [-0.2, -0.15) is 4.98 Å². The molecule has 33 heavy (non-hydrogen) atoms. The van der Waals surface area contributed by atoms with Gasteiger partial charge in [-0.1, -0.05) is 36.4 Å². The summed E-state index contributed by atoms with van der Waals surface area (Å²) in [5.74, 6) is 0.133. The summed E-state index contributed by atoms with van der Waals surface area (Å²) < 4.78 is 12.4. The number of alkyl carbamates (subject to hydrolysis) is 1. The number of carbonyl (C=O) groups is 2. The number of carbonyl (C=O) groups excluding carboxylic acids is 2. The van der Waals surface area contributed by atoms with Gasteiger partial charge in [0.25, 0.3) is 5.91 Å². The minimum atomic E-state index is -0.543. The number of hydrogen-bond donors (Lipinski definition) is 2. The van der Waals surface area contributed by atoms with Gasteiger partial charge in [0.05, 0.1) is 0 Å². The molecule has 1 aliphatic carbocycles. The van der Waals surface area contributed by atoms with E-state index in [0.29, 0.717) is 30.1 Å². The molecule has 0 radical (unpaired) electrons. The summed E-state index contributed by atoms with van der Waals surface area (Å²) in [7, 11) is 0. The number of nitrogens with zero attached hydrogens (tertiary/aromatic N) is 2. The lowest BCUT2D eigenvalue weighted by molar-refractivity contribution is 0.0465. The van der Waals surface area contributed by atoms with Crippen molar-refractivity contribution in [1.82, 2.24) is 20.0 Å². The Bertz CT molecular complexity index is 1340. The zero-order chi connectivity index (χ0) is 23.2. The zero-order valence-electron chi connectivity index (χ0n) is 18.8. The van der Waals surface area contributed by atoms with E-state index in [2.05, 4.69) is 15.6 Å². The van der Waals surface area contributed by atoms with Crippen molar-refractivity contribution in [2.75, 3.05) is 0 Å². The van der Waals surface area contributed by atoms with Crippen LogP contribution in [0.25, 0.3) is 27.9 Å². The molecule has 0 atom stereocenters. The molecule has 2 aromatic carbocycles. The number of nitrogens with one attached hydrogen (secondary N) is 2. The number of rotatable bonds is 4. The minimum absolute atomic E-state index is 0.0236. The van der Waals surface area contributed by atoms with E-state index in [4.69, 9.17) is 9.15 Å². The second kappa shape index (κ2) is 7.95. The maximum absolute atomic E-state index is 13.3. The standard InChI is InChI=1S/C25H26N4O4/c1-25(2,3)33-24(31)27-19-13-18(14-19)26-22(30)21-20(28-23-29(21)10-11-32-23)17-9-8-15-6-4-5-7-16(15)12-17/h4-12,18-19H,13-14H2,1-3H3,(H,26,30)(H,27,31). The van der Waals surface area contributed by atoms with Gasteiger partial charge in [-0.05, 0) is 50.5 Å². The topological polar surface area (TPSA) is 97.9 Å². The third-order valence-corrected chi connectivity index (χ3v) is 5.69. The fourth-order valence-corrected chi connectivity index (χ4v) is 4.12. The number of benzene rings is 2. The van der Waals surface area contributed by atoms with Crippen molar-refractivity contribution in [2.45, 2.75) is 51.3 Å². The summed E-state index contributed by atoms with van der Waals surface area (Å²) in [6, 6.07) is 14.0. The van der Waals surface area contributed by atoms with Gasteiger partial charge in [-0.25, -0.2) is 4.79 Å². The Kier molecular flexibility index (Phi) is 5.08. The predicted octanol–water partition coefficient (Wildman–Crippen LogP) is 4.53. The van der Waals surface area contributed by atoms with Crippen molar-refractivity contribution in [1.29, 1.82) is 0 Å². The Morgan fingerprint density at radius 3 is 2.55 bits per heavy atom. The highest BCUT2D eigenvalue weighted by Crippen LogP contribution is 2.29. The molecule has 1 aliphatic rings. The van der Waals surface area contributed by atoms with Gasteiger partial charge >= 0.3 is 11.9 Å². The number of aromatic nitrogens is 2. The summed E-state index contributed by atoms with van der Waals surface area (Å²) in [5, 5.41) is 8.10. The van der Waals surface area contributed by atoms with Crippen LogP contribution in [0.2, 0.25) is 0 Å². The van der Waals surface area contributed by atoms with E-state index in [-0.39, 0.29) is 18.0 Å². The van der Waals surface area contributed by atoms with Crippen molar-refractivity contribution in [2.24, 2.45) is 0 Å². The molecule has 8 heteroatoms. The van der Waals surface area contributed by atoms with Gasteiger partial charge in [0.15, 0.2) is 0 Å². The smallest absolute Gasteiger partial charge is 0.407 e. The number of fused-ring (bicyclic) bond motifs is 2. The third-order valence-electron chi connectivity index (χ3n) is 5.69. The predicted molar refractivity (Wildman–Crippen MR) is 124 cm³/mol. The van der Waals surface area contributed by atoms with Crippen LogP contribution in [0.5, 0.6) is 0 Å². The number of imidazole rings is 1. The Morgan fingerprint density at radius 1 is 1.06 bits per heavy atom. The van der Waals surface area contributed by atoms with Crippen LogP contribution in [0.1, 0.15) is 44.1 Å². The maximum Gasteiger partial charge on any atom is 0.407 e. The first kappa shape index (κ1) is 21.1. The van der Waals surface area contributed by atoms with Crippen LogP contribution in [0.15, 0.2) is 59.3 Å². The molecule has 5 rings (SSSR count). The molecule has 0 unspecified atom stereocenters. The lowest BCUT2D eigenvalue weighted by atomic mass is 9.86. The molecule has 0 bridgehead atoms. The molecule has 0 saturated heterocycles. The number of oxazole rings is 1. The fourth-order valence-electron chi connectivity index (χ4n) is 4.12. The van der Waals surface area contributed by atoms with Crippen molar-refractivity contribution in [3.63, 3.8) is 0 Å². The Balaban J connectivity index is 1.32. The minimum Gasteiger partial charge on any atom is -0.444 e. The second-order valence-electron chi connectivity index (χ2n) is 9.41. The van der Waals surface area contributed by atoms with Crippen molar-refractivity contribution in [3.8, 4) is 11.3 Å². The quantitative estimate of drug-likeness (QED) is 0.480. The molecule has 0 spiro atoms. The monoisotopic (exact) mass is 446 g/mol. The zero-order valence-corrected chi connectivity index (χ0v) is 18.8. The van der Waals surface area contributed by atoms with Crippen LogP contribution in [0, 0.1) is 0 Å². The molecule has 170 valence electrons. The average Bonchev–Trinajstić information content (AvgIpc) is 3.31. The van der Waals surface area contributed by atoms with Crippen LogP contribution in [0.4, 0.5) is 4.79 Å². The van der Waals surface area contributed by atoms with Crippen LogP contribution in [-0.2, 0) is 4.74 Å². The molecular weight excluding hydrogens is 420 g/mol. The van der Waals surface area contributed by atoms with E-state index in [1.807, 2.05) is 63.2 Å². The highest BCUT2D eigenvalue weighted by Gasteiger charge is 2.34. The van der Waals surface area contributed by atoms with Gasteiger partial charge in [0.2, 0.25) is 0 Å². The van der Waals surface area contributed by atoms with E-state index in [0.717, 1.165) is 16.3 Å². The molecule has 2 aromatic heterocycles. The van der Waals surface area contributed by atoms with Crippen LogP contribution < -0.4 is 10.6 Å². The maximum atomic E-state index is 13.3. The molecule has 2 N–H and O–H groups in total. The van der Waals surface area contributed by atoms with Crippen LogP contribution in [-0.4, -0.2) is 39.1 Å². The Labute approximate surface area is 190 Å². The third kappa shape index (κ3) is 4.28. The molecule has 0 aliphatic heterocycles. The summed E-state index contributed by atoms with van der Waals surface area (Å²) in [6.07, 6.45) is 4.04. The fraction of sp³-hybridized carbons (Fsp3) is 0.320. The lowest BCUT2D eigenvalue weighted by Gasteiger charge is -2.36. The summed E-state index contributed by atoms with van der Waals surface area (Å²) >= 11 is 0. The van der Waals surface area contributed by atoms with Gasteiger partial charge in [-0.3, -0.25) is 9.20 Å². The number of amides is 2. The number of hydrogen-bond acceptors (Lipinski definition) is 5. The van der Waals surface area contributed by atoms with Crippen molar-refractivity contribution >= 4 is 28.6 Å². The van der Waals surface area contributed by atoms with Crippen LogP contribution >= 0.6 is 0 Å². The normalized spacial score (nSPS) is 18.2. The average molecular weight is 447 g/mol. The van der Waals surface area contributed by atoms with E-state index in [1.54, 1.807) is 10.6 Å². The second-order valence-corrected chi connectivity index (χ2v) is 9.41. The summed E-state index contributed by atoms with van der Waals surface area (Å²) in [5.41, 5.74) is 1.30. The van der Waals surface area contributed by atoms with E-state index in [9.17, 15) is 9.59 Å². The van der Waals surface area contributed by atoms with Crippen molar-refractivity contribution < 1.29 is 18.7 Å². The molecule has 2 amide bonds.